The first-order chi connectivity index (χ1) is 7.40. The van der Waals surface area contributed by atoms with Crippen LogP contribution in [0, 0.1) is 0 Å². The second-order valence-electron chi connectivity index (χ2n) is 4.79. The average molecular weight is 243 g/mol. The Hall–Kier alpha value is -0.570. The van der Waals surface area contributed by atoms with E-state index in [0.717, 1.165) is 5.56 Å². The Labute approximate surface area is 103 Å². The Morgan fingerprint density at radius 3 is 2.12 bits per heavy atom. The van der Waals surface area contributed by atoms with Gasteiger partial charge >= 0.3 is 0 Å². The van der Waals surface area contributed by atoms with Gasteiger partial charge in [0.05, 0.1) is 0 Å². The molecule has 0 spiro atoms. The molecule has 0 fully saturated rings. The van der Waals surface area contributed by atoms with E-state index in [2.05, 4.69) is 20.8 Å². The smallest absolute Gasteiger partial charge is 0.184 e. The number of hydrogen-bond donors (Lipinski definition) is 0. The summed E-state index contributed by atoms with van der Waals surface area (Å²) >= 11 is 6.14. The van der Waals surface area contributed by atoms with Crippen LogP contribution in [0.4, 0.5) is 0 Å². The van der Waals surface area contributed by atoms with Gasteiger partial charge in [0, 0.05) is 24.8 Å². The number of halogens is 1. The van der Waals surface area contributed by atoms with Crippen LogP contribution in [0.5, 0.6) is 0 Å². The minimum absolute atomic E-state index is 0.0887. The van der Waals surface area contributed by atoms with Crippen LogP contribution in [0.25, 0.3) is 0 Å². The summed E-state index contributed by atoms with van der Waals surface area (Å²) in [5.74, 6) is 0. The number of rotatable bonds is 3. The molecule has 0 aromatic heterocycles. The zero-order chi connectivity index (χ0) is 12.3. The quantitative estimate of drug-likeness (QED) is 0.748. The molecule has 0 radical (unpaired) electrons. The minimum Gasteiger partial charge on any atom is -0.352 e. The molecule has 3 heteroatoms. The summed E-state index contributed by atoms with van der Waals surface area (Å²) in [7, 11) is 3.21. The first-order valence-electron chi connectivity index (χ1n) is 5.25. The molecule has 0 saturated carbocycles. The Morgan fingerprint density at radius 2 is 1.69 bits per heavy atom. The Bertz CT molecular complexity index is 351. The number of benzene rings is 1. The molecular weight excluding hydrogens is 224 g/mol. The lowest BCUT2D eigenvalue weighted by Crippen LogP contribution is -2.13. The zero-order valence-electron chi connectivity index (χ0n) is 10.5. The SMILES string of the molecule is COC(OC)c1cc(C(C)(C)C)ccc1Cl. The molecular formula is C13H19ClO2. The summed E-state index contributed by atoms with van der Waals surface area (Å²) in [5.41, 5.74) is 2.18. The van der Waals surface area contributed by atoms with Crippen molar-refractivity contribution in [2.75, 3.05) is 14.2 Å². The fourth-order valence-corrected chi connectivity index (χ4v) is 1.75. The minimum atomic E-state index is -0.408. The highest BCUT2D eigenvalue weighted by Crippen LogP contribution is 2.31. The van der Waals surface area contributed by atoms with E-state index in [4.69, 9.17) is 21.1 Å². The van der Waals surface area contributed by atoms with Crippen LogP contribution in [0.1, 0.15) is 38.2 Å². The van der Waals surface area contributed by atoms with E-state index in [1.807, 2.05) is 18.2 Å². The van der Waals surface area contributed by atoms with E-state index in [0.29, 0.717) is 5.02 Å². The van der Waals surface area contributed by atoms with Crippen molar-refractivity contribution < 1.29 is 9.47 Å². The van der Waals surface area contributed by atoms with Crippen molar-refractivity contribution in [1.29, 1.82) is 0 Å². The van der Waals surface area contributed by atoms with Crippen LogP contribution in [0.2, 0.25) is 5.02 Å². The van der Waals surface area contributed by atoms with Crippen molar-refractivity contribution in [2.24, 2.45) is 0 Å². The first kappa shape index (κ1) is 13.5. The van der Waals surface area contributed by atoms with Gasteiger partial charge in [-0.2, -0.15) is 0 Å². The molecule has 0 saturated heterocycles. The molecule has 0 atom stereocenters. The first-order valence-corrected chi connectivity index (χ1v) is 5.63. The van der Waals surface area contributed by atoms with E-state index >= 15 is 0 Å². The summed E-state index contributed by atoms with van der Waals surface area (Å²) in [4.78, 5) is 0. The summed E-state index contributed by atoms with van der Waals surface area (Å²) in [6.45, 7) is 6.48. The van der Waals surface area contributed by atoms with E-state index in [1.165, 1.54) is 5.56 Å². The largest absolute Gasteiger partial charge is 0.352 e. The highest BCUT2D eigenvalue weighted by atomic mass is 35.5. The van der Waals surface area contributed by atoms with E-state index in [9.17, 15) is 0 Å². The molecule has 0 N–H and O–H groups in total. The van der Waals surface area contributed by atoms with Gasteiger partial charge in [0.1, 0.15) is 0 Å². The predicted molar refractivity (Wildman–Crippen MR) is 66.9 cm³/mol. The van der Waals surface area contributed by atoms with Crippen molar-refractivity contribution in [3.63, 3.8) is 0 Å². The Morgan fingerprint density at radius 1 is 1.12 bits per heavy atom. The van der Waals surface area contributed by atoms with Crippen LogP contribution in [-0.4, -0.2) is 14.2 Å². The summed E-state index contributed by atoms with van der Waals surface area (Å²) in [6, 6.07) is 5.97. The lowest BCUT2D eigenvalue weighted by atomic mass is 9.86. The molecule has 1 aromatic rings. The number of ether oxygens (including phenoxy) is 2. The Kier molecular flexibility index (Phi) is 4.36. The average Bonchev–Trinajstić information content (AvgIpc) is 2.20. The van der Waals surface area contributed by atoms with Gasteiger partial charge in [-0.1, -0.05) is 38.4 Å². The second kappa shape index (κ2) is 5.17. The van der Waals surface area contributed by atoms with E-state index < -0.39 is 6.29 Å². The van der Waals surface area contributed by atoms with Gasteiger partial charge in [-0.05, 0) is 23.1 Å². The van der Waals surface area contributed by atoms with Gasteiger partial charge in [0.15, 0.2) is 6.29 Å². The molecule has 0 aliphatic heterocycles. The molecule has 0 amide bonds. The van der Waals surface area contributed by atoms with Gasteiger partial charge in [-0.15, -0.1) is 0 Å². The second-order valence-corrected chi connectivity index (χ2v) is 5.20. The molecule has 0 aliphatic rings. The topological polar surface area (TPSA) is 18.5 Å². The summed E-state index contributed by atoms with van der Waals surface area (Å²) in [6.07, 6.45) is -0.408. The monoisotopic (exact) mass is 242 g/mol. The van der Waals surface area contributed by atoms with Crippen LogP contribution in [0.3, 0.4) is 0 Å². The van der Waals surface area contributed by atoms with Crippen molar-refractivity contribution in [3.8, 4) is 0 Å². The van der Waals surface area contributed by atoms with Crippen molar-refractivity contribution in [2.45, 2.75) is 32.5 Å². The van der Waals surface area contributed by atoms with Crippen molar-refractivity contribution in [1.82, 2.24) is 0 Å². The third-order valence-electron chi connectivity index (χ3n) is 2.54. The number of methoxy groups -OCH3 is 2. The van der Waals surface area contributed by atoms with Crippen LogP contribution in [-0.2, 0) is 14.9 Å². The fraction of sp³-hybridized carbons (Fsp3) is 0.538. The van der Waals surface area contributed by atoms with Crippen LogP contribution in [0.15, 0.2) is 18.2 Å². The molecule has 0 bridgehead atoms. The molecule has 2 nitrogen and oxygen atoms in total. The molecule has 0 aliphatic carbocycles. The van der Waals surface area contributed by atoms with Crippen molar-refractivity contribution >= 4 is 11.6 Å². The zero-order valence-corrected chi connectivity index (χ0v) is 11.3. The highest BCUT2D eigenvalue weighted by molar-refractivity contribution is 6.31. The third-order valence-corrected chi connectivity index (χ3v) is 2.89. The van der Waals surface area contributed by atoms with Crippen LogP contribution < -0.4 is 0 Å². The molecule has 0 unspecified atom stereocenters. The lowest BCUT2D eigenvalue weighted by molar-refractivity contribution is -0.106. The van der Waals surface area contributed by atoms with E-state index in [1.54, 1.807) is 14.2 Å². The maximum Gasteiger partial charge on any atom is 0.184 e. The maximum atomic E-state index is 6.14. The molecule has 1 aromatic carbocycles. The normalized spacial score (nSPS) is 12.2. The number of hydrogen-bond acceptors (Lipinski definition) is 2. The molecule has 1 rings (SSSR count). The van der Waals surface area contributed by atoms with Gasteiger partial charge < -0.3 is 9.47 Å². The lowest BCUT2D eigenvalue weighted by Gasteiger charge is -2.22. The highest BCUT2D eigenvalue weighted by Gasteiger charge is 2.19. The summed E-state index contributed by atoms with van der Waals surface area (Å²) in [5, 5.41) is 0.668. The Balaban J connectivity index is 3.18. The fourth-order valence-electron chi connectivity index (χ4n) is 1.54. The standard InChI is InChI=1S/C13H19ClO2/c1-13(2,3)9-6-7-11(14)10(8-9)12(15-4)16-5/h6-8,12H,1-5H3. The molecule has 16 heavy (non-hydrogen) atoms. The summed E-state index contributed by atoms with van der Waals surface area (Å²) < 4.78 is 10.5. The van der Waals surface area contributed by atoms with Gasteiger partial charge in [0.2, 0.25) is 0 Å². The van der Waals surface area contributed by atoms with Gasteiger partial charge in [0.25, 0.3) is 0 Å². The molecule has 0 heterocycles. The van der Waals surface area contributed by atoms with Crippen molar-refractivity contribution in [3.05, 3.63) is 34.3 Å². The van der Waals surface area contributed by atoms with E-state index in [-0.39, 0.29) is 5.41 Å². The maximum absolute atomic E-state index is 6.14. The van der Waals surface area contributed by atoms with Gasteiger partial charge in [-0.3, -0.25) is 0 Å². The molecule has 90 valence electrons. The predicted octanol–water partition coefficient (Wildman–Crippen LogP) is 3.93. The third kappa shape index (κ3) is 2.97. The van der Waals surface area contributed by atoms with Crippen LogP contribution >= 0.6 is 11.6 Å². The van der Waals surface area contributed by atoms with Gasteiger partial charge in [-0.25, -0.2) is 0 Å².